The zero-order chi connectivity index (χ0) is 8.16. The minimum absolute atomic E-state index is 0.0625. The average Bonchev–Trinajstić information content (AvgIpc) is 2.00. The van der Waals surface area contributed by atoms with Crippen LogP contribution in [-0.4, -0.2) is 27.4 Å². The van der Waals surface area contributed by atoms with E-state index in [-0.39, 0.29) is 5.88 Å². The molecule has 1 heterocycles. The van der Waals surface area contributed by atoms with Crippen LogP contribution in [-0.2, 0) is 10.0 Å². The summed E-state index contributed by atoms with van der Waals surface area (Å²) in [6.45, 7) is 1.39. The molecule has 0 unspecified atom stereocenters. The fourth-order valence-corrected chi connectivity index (χ4v) is 2.01. The van der Waals surface area contributed by atoms with E-state index < -0.39 is 10.0 Å². The summed E-state index contributed by atoms with van der Waals surface area (Å²) >= 11 is 0. The molecular formula is C6H14N2O2S. The first-order valence-electron chi connectivity index (χ1n) is 3.89. The van der Waals surface area contributed by atoms with Crippen molar-refractivity contribution in [2.45, 2.75) is 19.3 Å². The minimum atomic E-state index is -3.03. The van der Waals surface area contributed by atoms with E-state index >= 15 is 0 Å². The van der Waals surface area contributed by atoms with Crippen molar-refractivity contribution >= 4 is 10.0 Å². The molecule has 0 aromatic heterocycles. The van der Waals surface area contributed by atoms with Gasteiger partial charge < -0.3 is 5.32 Å². The van der Waals surface area contributed by atoms with Crippen LogP contribution in [0.15, 0.2) is 0 Å². The first kappa shape index (κ1) is 8.96. The molecule has 0 aromatic rings. The molecule has 5 heteroatoms. The molecule has 0 aliphatic carbocycles. The molecule has 0 saturated carbocycles. The predicted octanol–water partition coefficient (Wildman–Crippen LogP) is -0.363. The van der Waals surface area contributed by atoms with E-state index in [1.54, 1.807) is 0 Å². The second kappa shape index (κ2) is 4.04. The van der Waals surface area contributed by atoms with Gasteiger partial charge in [-0.2, -0.15) is 0 Å². The summed E-state index contributed by atoms with van der Waals surface area (Å²) in [4.78, 5) is 0. The molecule has 0 aromatic carbocycles. The zero-order valence-electron chi connectivity index (χ0n) is 6.47. The Bertz CT molecular complexity index is 185. The average molecular weight is 178 g/mol. The molecule has 1 aliphatic rings. The molecule has 1 rings (SSSR count). The third-order valence-corrected chi connectivity index (χ3v) is 2.87. The van der Waals surface area contributed by atoms with Gasteiger partial charge in [-0.15, -0.1) is 0 Å². The molecule has 2 N–H and O–H groups in total. The van der Waals surface area contributed by atoms with Crippen molar-refractivity contribution in [3.05, 3.63) is 0 Å². The summed E-state index contributed by atoms with van der Waals surface area (Å²) < 4.78 is 24.5. The van der Waals surface area contributed by atoms with Crippen LogP contribution in [0.4, 0.5) is 0 Å². The van der Waals surface area contributed by atoms with Crippen molar-refractivity contribution in [3.8, 4) is 0 Å². The van der Waals surface area contributed by atoms with E-state index in [0.717, 1.165) is 25.8 Å². The quantitative estimate of drug-likeness (QED) is 0.532. The Hall–Kier alpha value is -0.130. The number of hydrogen-bond donors (Lipinski definition) is 2. The van der Waals surface area contributed by atoms with Gasteiger partial charge in [-0.25, -0.2) is 13.1 Å². The lowest BCUT2D eigenvalue weighted by molar-refractivity contribution is 0.576. The Morgan fingerprint density at radius 2 is 1.73 bits per heavy atom. The Balaban J connectivity index is 2.44. The fraction of sp³-hybridized carbons (Fsp3) is 1.00. The van der Waals surface area contributed by atoms with E-state index in [4.69, 9.17) is 0 Å². The van der Waals surface area contributed by atoms with Crippen LogP contribution in [0.2, 0.25) is 0 Å². The van der Waals surface area contributed by atoms with E-state index in [1.807, 2.05) is 0 Å². The van der Waals surface area contributed by atoms with Crippen molar-refractivity contribution in [2.24, 2.45) is 0 Å². The van der Waals surface area contributed by atoms with Gasteiger partial charge in [-0.05, 0) is 19.4 Å². The molecule has 1 saturated heterocycles. The van der Waals surface area contributed by atoms with Gasteiger partial charge in [0.25, 0.3) is 0 Å². The zero-order valence-corrected chi connectivity index (χ0v) is 7.28. The largest absolute Gasteiger partial charge is 0.303 e. The van der Waals surface area contributed by atoms with Crippen molar-refractivity contribution in [2.75, 3.05) is 19.0 Å². The van der Waals surface area contributed by atoms with Crippen LogP contribution < -0.4 is 10.0 Å². The lowest BCUT2D eigenvalue weighted by Crippen LogP contribution is -2.33. The van der Waals surface area contributed by atoms with Gasteiger partial charge in [0, 0.05) is 6.54 Å². The van der Waals surface area contributed by atoms with Crippen molar-refractivity contribution in [1.82, 2.24) is 10.0 Å². The Kier molecular flexibility index (Phi) is 3.29. The molecule has 0 atom stereocenters. The number of hydrogen-bond acceptors (Lipinski definition) is 3. The first-order chi connectivity index (χ1) is 5.21. The second-order valence-corrected chi connectivity index (χ2v) is 4.52. The highest BCUT2D eigenvalue weighted by Crippen LogP contribution is 1.96. The third-order valence-electron chi connectivity index (χ3n) is 1.64. The van der Waals surface area contributed by atoms with Gasteiger partial charge >= 0.3 is 0 Å². The predicted molar refractivity (Wildman–Crippen MR) is 43.6 cm³/mol. The van der Waals surface area contributed by atoms with Gasteiger partial charge in [0.2, 0.25) is 10.0 Å². The number of nitrogens with one attached hydrogen (secondary N) is 2. The number of rotatable bonds is 0. The summed E-state index contributed by atoms with van der Waals surface area (Å²) in [5, 5.41) is 2.87. The highest BCUT2D eigenvalue weighted by atomic mass is 32.2. The molecule has 0 radical (unpaired) electrons. The molecule has 11 heavy (non-hydrogen) atoms. The monoisotopic (exact) mass is 178 g/mol. The van der Waals surface area contributed by atoms with E-state index in [9.17, 15) is 8.42 Å². The fourth-order valence-electron chi connectivity index (χ4n) is 1.04. The molecule has 1 fully saturated rings. The maximum atomic E-state index is 11.0. The van der Waals surface area contributed by atoms with Gasteiger partial charge in [0.15, 0.2) is 0 Å². The van der Waals surface area contributed by atoms with Crippen LogP contribution >= 0.6 is 0 Å². The van der Waals surface area contributed by atoms with Crippen LogP contribution in [0.1, 0.15) is 19.3 Å². The van der Waals surface area contributed by atoms with Crippen LogP contribution in [0.3, 0.4) is 0 Å². The van der Waals surface area contributed by atoms with Gasteiger partial charge in [-0.3, -0.25) is 0 Å². The molecule has 0 spiro atoms. The van der Waals surface area contributed by atoms with Crippen molar-refractivity contribution < 1.29 is 8.42 Å². The summed E-state index contributed by atoms with van der Waals surface area (Å²) in [5.41, 5.74) is 0. The summed E-state index contributed by atoms with van der Waals surface area (Å²) in [6.07, 6.45) is 3.10. The first-order valence-corrected chi connectivity index (χ1v) is 5.54. The molecule has 1 aliphatic heterocycles. The number of sulfonamides is 1. The van der Waals surface area contributed by atoms with E-state index in [2.05, 4.69) is 10.0 Å². The summed E-state index contributed by atoms with van der Waals surface area (Å²) in [6, 6.07) is 0. The van der Waals surface area contributed by atoms with E-state index in [1.165, 1.54) is 0 Å². The molecule has 4 nitrogen and oxygen atoms in total. The Labute approximate surface area is 67.4 Å². The standard InChI is InChI=1S/C6H14N2O2S/c9-11(10)6-7-4-2-1-3-5-8-11/h7-8H,1-6H2. The highest BCUT2D eigenvalue weighted by Gasteiger charge is 2.09. The van der Waals surface area contributed by atoms with Crippen LogP contribution in [0.5, 0.6) is 0 Å². The Morgan fingerprint density at radius 1 is 1.00 bits per heavy atom. The third kappa shape index (κ3) is 3.69. The molecule has 66 valence electrons. The highest BCUT2D eigenvalue weighted by molar-refractivity contribution is 7.89. The van der Waals surface area contributed by atoms with Crippen LogP contribution in [0.25, 0.3) is 0 Å². The summed E-state index contributed by atoms with van der Waals surface area (Å²) in [7, 11) is -3.03. The second-order valence-electron chi connectivity index (χ2n) is 2.71. The maximum absolute atomic E-state index is 11.0. The minimum Gasteiger partial charge on any atom is -0.303 e. The lowest BCUT2D eigenvalue weighted by Gasteiger charge is -2.02. The van der Waals surface area contributed by atoms with Crippen molar-refractivity contribution in [3.63, 3.8) is 0 Å². The topological polar surface area (TPSA) is 58.2 Å². The summed E-state index contributed by atoms with van der Waals surface area (Å²) in [5.74, 6) is 0.0625. The normalized spacial score (nSPS) is 26.5. The SMILES string of the molecule is O=S1(=O)CNCCCCCN1. The van der Waals surface area contributed by atoms with Gasteiger partial charge in [-0.1, -0.05) is 6.42 Å². The molecular weight excluding hydrogens is 164 g/mol. The van der Waals surface area contributed by atoms with Gasteiger partial charge in [0.1, 0.15) is 5.88 Å². The van der Waals surface area contributed by atoms with Crippen molar-refractivity contribution in [1.29, 1.82) is 0 Å². The Morgan fingerprint density at radius 3 is 2.55 bits per heavy atom. The van der Waals surface area contributed by atoms with Gasteiger partial charge in [0.05, 0.1) is 0 Å². The maximum Gasteiger partial charge on any atom is 0.224 e. The smallest absolute Gasteiger partial charge is 0.224 e. The lowest BCUT2D eigenvalue weighted by atomic mass is 10.2. The molecule has 0 bridgehead atoms. The van der Waals surface area contributed by atoms with Crippen LogP contribution in [0, 0.1) is 0 Å². The molecule has 0 amide bonds. The van der Waals surface area contributed by atoms with E-state index in [0.29, 0.717) is 6.54 Å².